The van der Waals surface area contributed by atoms with Crippen molar-refractivity contribution in [1.82, 2.24) is 5.32 Å². The average molecular weight is 303 g/mol. The number of nitro benzene ring substituents is 1. The van der Waals surface area contributed by atoms with Crippen molar-refractivity contribution in [3.05, 3.63) is 39.7 Å². The highest BCUT2D eigenvalue weighted by molar-refractivity contribution is 6.18. The Morgan fingerprint density at radius 2 is 2.25 bits per heavy atom. The fraction of sp³-hybridized carbons (Fsp3) is 0.462. The summed E-state index contributed by atoms with van der Waals surface area (Å²) in [5.41, 5.74) is -0.668. The van der Waals surface area contributed by atoms with Crippen molar-refractivity contribution in [2.24, 2.45) is 5.92 Å². The van der Waals surface area contributed by atoms with Gasteiger partial charge in [0.05, 0.1) is 4.92 Å². The lowest BCUT2D eigenvalue weighted by molar-refractivity contribution is -0.385. The zero-order chi connectivity index (χ0) is 15.1. The van der Waals surface area contributed by atoms with Crippen molar-refractivity contribution < 1.29 is 14.1 Å². The molecular weight excluding hydrogens is 287 g/mol. The van der Waals surface area contributed by atoms with E-state index in [4.69, 9.17) is 11.6 Å². The van der Waals surface area contributed by atoms with E-state index in [-0.39, 0.29) is 5.56 Å². The second kappa shape index (κ2) is 7.79. The molecule has 110 valence electrons. The Labute approximate surface area is 121 Å². The minimum Gasteiger partial charge on any atom is -0.352 e. The van der Waals surface area contributed by atoms with Crippen molar-refractivity contribution in [1.29, 1.82) is 0 Å². The van der Waals surface area contributed by atoms with Crippen LogP contribution in [0.3, 0.4) is 0 Å². The number of carbonyl (C=O) groups is 1. The van der Waals surface area contributed by atoms with Crippen molar-refractivity contribution in [2.75, 3.05) is 12.4 Å². The van der Waals surface area contributed by atoms with E-state index in [2.05, 4.69) is 5.32 Å². The van der Waals surface area contributed by atoms with Gasteiger partial charge in [-0.25, -0.2) is 4.39 Å². The largest absolute Gasteiger partial charge is 0.352 e. The van der Waals surface area contributed by atoms with E-state index in [0.717, 1.165) is 24.6 Å². The summed E-state index contributed by atoms with van der Waals surface area (Å²) in [6.45, 7) is 2.36. The zero-order valence-electron chi connectivity index (χ0n) is 11.1. The van der Waals surface area contributed by atoms with Gasteiger partial charge in [-0.1, -0.05) is 6.92 Å². The van der Waals surface area contributed by atoms with Gasteiger partial charge in [-0.05, 0) is 30.9 Å². The van der Waals surface area contributed by atoms with Gasteiger partial charge in [0.2, 0.25) is 0 Å². The first-order valence-electron chi connectivity index (χ1n) is 6.23. The molecule has 1 rings (SSSR count). The number of nitrogens with one attached hydrogen (secondary N) is 1. The third-order valence-electron chi connectivity index (χ3n) is 2.82. The molecule has 0 aliphatic heterocycles. The van der Waals surface area contributed by atoms with Crippen LogP contribution in [-0.2, 0) is 0 Å². The lowest BCUT2D eigenvalue weighted by Gasteiger charge is -2.08. The Balaban J connectivity index is 2.63. The summed E-state index contributed by atoms with van der Waals surface area (Å²) < 4.78 is 13.1. The van der Waals surface area contributed by atoms with Crippen LogP contribution < -0.4 is 5.32 Å². The maximum atomic E-state index is 13.1. The highest BCUT2D eigenvalue weighted by atomic mass is 35.5. The number of nitro groups is 1. The van der Waals surface area contributed by atoms with Crippen molar-refractivity contribution in [3.8, 4) is 0 Å². The van der Waals surface area contributed by atoms with Crippen LogP contribution >= 0.6 is 11.6 Å². The summed E-state index contributed by atoms with van der Waals surface area (Å²) in [6, 6.07) is 2.81. The van der Waals surface area contributed by atoms with Crippen LogP contribution in [-0.4, -0.2) is 23.3 Å². The first kappa shape index (κ1) is 16.4. The third kappa shape index (κ3) is 4.77. The normalized spacial score (nSPS) is 11.9. The van der Waals surface area contributed by atoms with E-state index in [1.165, 1.54) is 0 Å². The number of benzene rings is 1. The predicted octanol–water partition coefficient (Wildman–Crippen LogP) is 3.12. The minimum atomic E-state index is -0.704. The molecule has 0 fully saturated rings. The van der Waals surface area contributed by atoms with Crippen LogP contribution in [0.25, 0.3) is 0 Å². The molecule has 20 heavy (non-hydrogen) atoms. The summed E-state index contributed by atoms with van der Waals surface area (Å²) in [4.78, 5) is 21.9. The molecule has 1 aromatic carbocycles. The van der Waals surface area contributed by atoms with Crippen molar-refractivity contribution in [2.45, 2.75) is 19.8 Å². The molecule has 1 aromatic rings. The van der Waals surface area contributed by atoms with Gasteiger partial charge in [0.25, 0.3) is 11.6 Å². The quantitative estimate of drug-likeness (QED) is 0.364. The summed E-state index contributed by atoms with van der Waals surface area (Å²) in [7, 11) is 0. The molecule has 0 aliphatic carbocycles. The van der Waals surface area contributed by atoms with Crippen LogP contribution in [0.15, 0.2) is 18.2 Å². The Kier molecular flexibility index (Phi) is 6.38. The number of rotatable bonds is 7. The molecular formula is C13H16ClFN2O3. The molecule has 1 amide bonds. The highest BCUT2D eigenvalue weighted by Gasteiger charge is 2.20. The van der Waals surface area contributed by atoms with Crippen LogP contribution in [0, 0.1) is 21.8 Å². The molecule has 0 aromatic heterocycles. The van der Waals surface area contributed by atoms with E-state index in [9.17, 15) is 19.3 Å². The monoisotopic (exact) mass is 302 g/mol. The van der Waals surface area contributed by atoms with E-state index < -0.39 is 22.3 Å². The Hall–Kier alpha value is -1.69. The lowest BCUT2D eigenvalue weighted by Crippen LogP contribution is -2.25. The summed E-state index contributed by atoms with van der Waals surface area (Å²) in [6.07, 6.45) is 1.55. The van der Waals surface area contributed by atoms with Crippen LogP contribution in [0.5, 0.6) is 0 Å². The molecule has 5 nitrogen and oxygen atoms in total. The van der Waals surface area contributed by atoms with Gasteiger partial charge < -0.3 is 5.32 Å². The van der Waals surface area contributed by atoms with Crippen LogP contribution in [0.2, 0.25) is 0 Å². The molecule has 0 aliphatic rings. The van der Waals surface area contributed by atoms with Gasteiger partial charge >= 0.3 is 0 Å². The van der Waals surface area contributed by atoms with Gasteiger partial charge in [-0.15, -0.1) is 11.6 Å². The molecule has 1 atom stereocenters. The molecule has 0 radical (unpaired) electrons. The zero-order valence-corrected chi connectivity index (χ0v) is 11.8. The Bertz CT molecular complexity index is 497. The second-order valence-electron chi connectivity index (χ2n) is 4.58. The van der Waals surface area contributed by atoms with Crippen LogP contribution in [0.1, 0.15) is 30.1 Å². The fourth-order valence-electron chi connectivity index (χ4n) is 1.67. The topological polar surface area (TPSA) is 72.2 Å². The summed E-state index contributed by atoms with van der Waals surface area (Å²) in [5, 5.41) is 13.3. The van der Waals surface area contributed by atoms with Gasteiger partial charge in [0.1, 0.15) is 11.4 Å². The standard InChI is InChI=1S/C13H16ClFN2O3/c1-9(8-14)3-2-6-16-13(18)11-7-10(15)4-5-12(11)17(19)20/h4-5,7,9H,2-3,6,8H2,1H3,(H,16,18). The second-order valence-corrected chi connectivity index (χ2v) is 4.88. The molecule has 1 N–H and O–H groups in total. The lowest BCUT2D eigenvalue weighted by atomic mass is 10.1. The number of nitrogens with zero attached hydrogens (tertiary/aromatic N) is 1. The molecule has 0 saturated carbocycles. The molecule has 0 heterocycles. The van der Waals surface area contributed by atoms with E-state index in [1.54, 1.807) is 0 Å². The van der Waals surface area contributed by atoms with E-state index in [0.29, 0.717) is 24.8 Å². The molecule has 0 saturated heterocycles. The summed E-state index contributed by atoms with van der Waals surface area (Å²) in [5.74, 6) is -0.438. The number of hydrogen-bond acceptors (Lipinski definition) is 3. The number of halogens is 2. The molecule has 0 bridgehead atoms. The van der Waals surface area contributed by atoms with Crippen molar-refractivity contribution in [3.63, 3.8) is 0 Å². The predicted molar refractivity (Wildman–Crippen MR) is 74.5 cm³/mol. The third-order valence-corrected chi connectivity index (χ3v) is 3.35. The maximum Gasteiger partial charge on any atom is 0.282 e. The first-order valence-corrected chi connectivity index (χ1v) is 6.77. The maximum absolute atomic E-state index is 13.1. The number of amides is 1. The first-order chi connectivity index (χ1) is 9.45. The smallest absolute Gasteiger partial charge is 0.282 e. The van der Waals surface area contributed by atoms with E-state index >= 15 is 0 Å². The Morgan fingerprint density at radius 3 is 2.85 bits per heavy atom. The van der Waals surface area contributed by atoms with Gasteiger partial charge in [0.15, 0.2) is 0 Å². The highest BCUT2D eigenvalue weighted by Crippen LogP contribution is 2.19. The SMILES string of the molecule is CC(CCl)CCCNC(=O)c1cc(F)ccc1[N+](=O)[O-]. The molecule has 7 heteroatoms. The number of alkyl halides is 1. The average Bonchev–Trinajstić information content (AvgIpc) is 2.42. The van der Waals surface area contributed by atoms with Gasteiger partial charge in [-0.2, -0.15) is 0 Å². The fourth-order valence-corrected chi connectivity index (χ4v) is 1.83. The Morgan fingerprint density at radius 1 is 1.55 bits per heavy atom. The van der Waals surface area contributed by atoms with Crippen molar-refractivity contribution >= 4 is 23.2 Å². The van der Waals surface area contributed by atoms with E-state index in [1.807, 2.05) is 6.92 Å². The molecule has 0 spiro atoms. The van der Waals surface area contributed by atoms with Gasteiger partial charge in [0, 0.05) is 18.5 Å². The van der Waals surface area contributed by atoms with Crippen LogP contribution in [0.4, 0.5) is 10.1 Å². The van der Waals surface area contributed by atoms with Gasteiger partial charge in [-0.3, -0.25) is 14.9 Å². The summed E-state index contributed by atoms with van der Waals surface area (Å²) >= 11 is 5.66. The molecule has 1 unspecified atom stereocenters. The number of carbonyl (C=O) groups excluding carboxylic acids is 1. The number of hydrogen-bond donors (Lipinski definition) is 1. The minimum absolute atomic E-state index is 0.264.